The second-order valence-corrected chi connectivity index (χ2v) is 11.5. The standard InChI is InChI=1S/C30H32ClFN6O3/c1-30(2,3)41-28(39)35-21-8-10-37(17-21)26-14-19(7-9-34-26)23-16-20(32)15-22(27(23)33)18-5-6-25(24(31)13-18)38-12-11-36(4)29(38)40/h5-7,9,11-16,21H,8,10,17,33H2,1-4H3,(H,35,39)/t21-/m0/s1. The van der Waals surface area contributed by atoms with E-state index >= 15 is 0 Å². The van der Waals surface area contributed by atoms with Gasteiger partial charge in [0.05, 0.1) is 16.8 Å². The summed E-state index contributed by atoms with van der Waals surface area (Å²) in [7, 11) is 1.66. The van der Waals surface area contributed by atoms with E-state index in [0.29, 0.717) is 57.6 Å². The molecule has 1 fully saturated rings. The van der Waals surface area contributed by atoms with Crippen LogP contribution in [0, 0.1) is 5.82 Å². The van der Waals surface area contributed by atoms with E-state index in [0.717, 1.165) is 6.42 Å². The molecule has 3 heterocycles. The summed E-state index contributed by atoms with van der Waals surface area (Å²) in [5.74, 6) is 0.242. The number of anilines is 2. The Hall–Kier alpha value is -4.31. The third-order valence-corrected chi connectivity index (χ3v) is 7.20. The zero-order valence-corrected chi connectivity index (χ0v) is 24.1. The number of aromatic nitrogens is 3. The minimum absolute atomic E-state index is 0.0828. The number of rotatable bonds is 5. The normalized spacial score (nSPS) is 15.3. The molecule has 4 aromatic rings. The van der Waals surface area contributed by atoms with E-state index in [1.807, 2.05) is 26.8 Å². The molecule has 1 aliphatic rings. The SMILES string of the molecule is Cn1ccn(-c2ccc(-c3cc(F)cc(-c4ccnc(N5CC[C@H](NC(=O)OC(C)(C)C)C5)c4)c3N)cc2Cl)c1=O. The molecule has 5 rings (SSSR count). The van der Waals surface area contributed by atoms with Crippen LogP contribution in [-0.4, -0.2) is 44.9 Å². The first-order valence-corrected chi connectivity index (χ1v) is 13.6. The molecular formula is C30H32ClFN6O3. The number of hydrogen-bond donors (Lipinski definition) is 2. The van der Waals surface area contributed by atoms with Crippen molar-refractivity contribution < 1.29 is 13.9 Å². The zero-order valence-electron chi connectivity index (χ0n) is 23.3. The van der Waals surface area contributed by atoms with E-state index in [2.05, 4.69) is 15.2 Å². The molecular weight excluding hydrogens is 547 g/mol. The van der Waals surface area contributed by atoms with Gasteiger partial charge in [0.1, 0.15) is 17.2 Å². The molecule has 11 heteroatoms. The van der Waals surface area contributed by atoms with Crippen molar-refractivity contribution in [2.24, 2.45) is 7.05 Å². The van der Waals surface area contributed by atoms with E-state index in [-0.39, 0.29) is 11.7 Å². The number of hydrogen-bond acceptors (Lipinski definition) is 6. The first-order chi connectivity index (χ1) is 19.4. The van der Waals surface area contributed by atoms with Crippen LogP contribution in [0.3, 0.4) is 0 Å². The van der Waals surface area contributed by atoms with Gasteiger partial charge in [0.25, 0.3) is 0 Å². The Bertz CT molecular complexity index is 1680. The number of aryl methyl sites for hydroxylation is 1. The van der Waals surface area contributed by atoms with Gasteiger partial charge >= 0.3 is 11.8 Å². The maximum Gasteiger partial charge on any atom is 0.407 e. The number of nitrogens with one attached hydrogen (secondary N) is 1. The van der Waals surface area contributed by atoms with E-state index in [9.17, 15) is 14.0 Å². The van der Waals surface area contributed by atoms with E-state index in [1.54, 1.807) is 49.9 Å². The first kappa shape index (κ1) is 28.2. The summed E-state index contributed by atoms with van der Waals surface area (Å²) in [5, 5.41) is 3.25. The van der Waals surface area contributed by atoms with Crippen molar-refractivity contribution in [1.82, 2.24) is 19.4 Å². The highest BCUT2D eigenvalue weighted by atomic mass is 35.5. The lowest BCUT2D eigenvalue weighted by molar-refractivity contribution is 0.0509. The summed E-state index contributed by atoms with van der Waals surface area (Å²) in [6.07, 6.45) is 5.23. The van der Waals surface area contributed by atoms with Gasteiger partial charge < -0.3 is 25.3 Å². The summed E-state index contributed by atoms with van der Waals surface area (Å²) in [4.78, 5) is 31.2. The monoisotopic (exact) mass is 578 g/mol. The highest BCUT2D eigenvalue weighted by Crippen LogP contribution is 2.38. The molecule has 1 amide bonds. The van der Waals surface area contributed by atoms with Gasteiger partial charge in [-0.2, -0.15) is 0 Å². The lowest BCUT2D eigenvalue weighted by atomic mass is 9.96. The number of imidazole rings is 1. The number of amides is 1. The van der Waals surface area contributed by atoms with Crippen LogP contribution in [0.5, 0.6) is 0 Å². The lowest BCUT2D eigenvalue weighted by Crippen LogP contribution is -2.40. The smallest absolute Gasteiger partial charge is 0.407 e. The topological polar surface area (TPSA) is 107 Å². The maximum atomic E-state index is 15.0. The number of alkyl carbamates (subject to hydrolysis) is 1. The fourth-order valence-corrected chi connectivity index (χ4v) is 5.20. The second-order valence-electron chi connectivity index (χ2n) is 11.1. The van der Waals surface area contributed by atoms with Gasteiger partial charge in [-0.05, 0) is 74.7 Å². The van der Waals surface area contributed by atoms with Crippen molar-refractivity contribution in [3.8, 4) is 27.9 Å². The average Bonchev–Trinajstić information content (AvgIpc) is 3.50. The molecule has 41 heavy (non-hydrogen) atoms. The molecule has 214 valence electrons. The van der Waals surface area contributed by atoms with Crippen LogP contribution < -0.4 is 21.6 Å². The van der Waals surface area contributed by atoms with Gasteiger partial charge in [-0.3, -0.25) is 4.57 Å². The Morgan fingerprint density at radius 3 is 2.46 bits per heavy atom. The third-order valence-electron chi connectivity index (χ3n) is 6.90. The quantitative estimate of drug-likeness (QED) is 0.308. The number of carbonyl (C=O) groups is 1. The summed E-state index contributed by atoms with van der Waals surface area (Å²) in [5.41, 5.74) is 9.03. The van der Waals surface area contributed by atoms with Crippen LogP contribution >= 0.6 is 11.6 Å². The van der Waals surface area contributed by atoms with Crippen LogP contribution in [0.2, 0.25) is 5.02 Å². The largest absolute Gasteiger partial charge is 0.444 e. The van der Waals surface area contributed by atoms with Crippen molar-refractivity contribution in [3.63, 3.8) is 0 Å². The maximum absolute atomic E-state index is 15.0. The molecule has 1 saturated heterocycles. The van der Waals surface area contributed by atoms with Crippen LogP contribution in [0.1, 0.15) is 27.2 Å². The molecule has 2 aromatic heterocycles. The number of nitrogens with zero attached hydrogens (tertiary/aromatic N) is 4. The Kier molecular flexibility index (Phi) is 7.52. The van der Waals surface area contributed by atoms with Gasteiger partial charge in [0.15, 0.2) is 0 Å². The number of nitrogens with two attached hydrogens (primary N) is 1. The van der Waals surface area contributed by atoms with E-state index in [1.165, 1.54) is 21.3 Å². The molecule has 0 aliphatic carbocycles. The molecule has 0 radical (unpaired) electrons. The molecule has 2 aromatic carbocycles. The Labute approximate surface area is 242 Å². The van der Waals surface area contributed by atoms with Crippen molar-refractivity contribution in [3.05, 3.63) is 82.4 Å². The zero-order chi connectivity index (χ0) is 29.5. The molecule has 3 N–H and O–H groups in total. The Balaban J connectivity index is 1.40. The van der Waals surface area contributed by atoms with Crippen LogP contribution in [0.4, 0.5) is 20.7 Å². The van der Waals surface area contributed by atoms with Crippen molar-refractivity contribution in [1.29, 1.82) is 0 Å². The van der Waals surface area contributed by atoms with Gasteiger partial charge in [-0.25, -0.2) is 19.0 Å². The minimum atomic E-state index is -0.573. The molecule has 0 saturated carbocycles. The van der Waals surface area contributed by atoms with Gasteiger partial charge in [0, 0.05) is 55.5 Å². The molecule has 0 bridgehead atoms. The molecule has 1 aliphatic heterocycles. The van der Waals surface area contributed by atoms with Crippen molar-refractivity contribution in [2.75, 3.05) is 23.7 Å². The highest BCUT2D eigenvalue weighted by Gasteiger charge is 2.27. The first-order valence-electron chi connectivity index (χ1n) is 13.2. The molecule has 0 unspecified atom stereocenters. The summed E-state index contributed by atoms with van der Waals surface area (Å²) in [6, 6.07) is 11.5. The van der Waals surface area contributed by atoms with E-state index < -0.39 is 17.5 Å². The minimum Gasteiger partial charge on any atom is -0.444 e. The average molecular weight is 579 g/mol. The Morgan fingerprint density at radius 1 is 1.12 bits per heavy atom. The van der Waals surface area contributed by atoms with Gasteiger partial charge in [-0.15, -0.1) is 0 Å². The molecule has 9 nitrogen and oxygen atoms in total. The molecule has 1 atom stereocenters. The number of halogens is 2. The summed E-state index contributed by atoms with van der Waals surface area (Å²) >= 11 is 6.56. The number of benzene rings is 2. The fourth-order valence-electron chi connectivity index (χ4n) is 4.93. The fraction of sp³-hybridized carbons (Fsp3) is 0.300. The number of ether oxygens (including phenoxy) is 1. The number of nitrogen functional groups attached to an aromatic ring is 1. The molecule has 0 spiro atoms. The van der Waals surface area contributed by atoms with Crippen molar-refractivity contribution >= 4 is 29.2 Å². The van der Waals surface area contributed by atoms with Crippen LogP contribution in [0.25, 0.3) is 27.9 Å². The van der Waals surface area contributed by atoms with Gasteiger partial charge in [-0.1, -0.05) is 17.7 Å². The number of carbonyl (C=O) groups excluding carboxylic acids is 1. The Morgan fingerprint density at radius 2 is 1.83 bits per heavy atom. The summed E-state index contributed by atoms with van der Waals surface area (Å²) in [6.45, 7) is 6.72. The highest BCUT2D eigenvalue weighted by molar-refractivity contribution is 6.32. The van der Waals surface area contributed by atoms with Crippen molar-refractivity contribution in [2.45, 2.75) is 38.8 Å². The summed E-state index contributed by atoms with van der Waals surface area (Å²) < 4.78 is 23.2. The predicted octanol–water partition coefficient (Wildman–Crippen LogP) is 5.38. The van der Waals surface area contributed by atoms with E-state index in [4.69, 9.17) is 22.1 Å². The van der Waals surface area contributed by atoms with Crippen LogP contribution in [0.15, 0.2) is 65.8 Å². The lowest BCUT2D eigenvalue weighted by Gasteiger charge is -2.22. The van der Waals surface area contributed by atoms with Crippen LogP contribution in [-0.2, 0) is 11.8 Å². The number of pyridine rings is 1. The second kappa shape index (κ2) is 10.9. The predicted molar refractivity (Wildman–Crippen MR) is 159 cm³/mol. The third kappa shape index (κ3) is 6.07. The van der Waals surface area contributed by atoms with Gasteiger partial charge in [0.2, 0.25) is 0 Å².